The molecule has 0 unspecified atom stereocenters. The third kappa shape index (κ3) is 2.38. The Balaban J connectivity index is 2.01. The Morgan fingerprint density at radius 2 is 2.00 bits per heavy atom. The van der Waals surface area contributed by atoms with E-state index in [2.05, 4.69) is 45.4 Å². The molecule has 0 amide bonds. The molecule has 19 heavy (non-hydrogen) atoms. The maximum atomic E-state index is 6.14. The fourth-order valence-electron chi connectivity index (χ4n) is 3.11. The molecule has 0 radical (unpaired) electrons. The molecule has 1 heterocycles. The molecular formula is C15H20BrN3. The van der Waals surface area contributed by atoms with E-state index in [1.807, 2.05) is 12.1 Å². The molecule has 3 rings (SSSR count). The summed E-state index contributed by atoms with van der Waals surface area (Å²) in [5.74, 6) is 0.651. The molecule has 1 aliphatic carbocycles. The monoisotopic (exact) mass is 321 g/mol. The van der Waals surface area contributed by atoms with E-state index >= 15 is 0 Å². The minimum atomic E-state index is 0.474. The number of imidazole rings is 1. The highest BCUT2D eigenvalue weighted by Gasteiger charge is 2.29. The molecule has 102 valence electrons. The van der Waals surface area contributed by atoms with Crippen molar-refractivity contribution in [1.82, 2.24) is 9.55 Å². The highest BCUT2D eigenvalue weighted by molar-refractivity contribution is 9.10. The van der Waals surface area contributed by atoms with Crippen LogP contribution in [0.4, 0.5) is 5.95 Å². The van der Waals surface area contributed by atoms with Gasteiger partial charge in [-0.1, -0.05) is 29.8 Å². The molecule has 2 aromatic rings. The number of halogens is 1. The Morgan fingerprint density at radius 1 is 1.32 bits per heavy atom. The molecule has 2 N–H and O–H groups in total. The van der Waals surface area contributed by atoms with Crippen LogP contribution >= 0.6 is 15.9 Å². The molecule has 1 fully saturated rings. The van der Waals surface area contributed by atoms with Gasteiger partial charge in [-0.25, -0.2) is 4.98 Å². The van der Waals surface area contributed by atoms with Crippen LogP contribution in [0.25, 0.3) is 11.0 Å². The normalized spacial score (nSPS) is 19.9. The lowest BCUT2D eigenvalue weighted by molar-refractivity contribution is 0.197. The number of aromatic nitrogens is 2. The molecule has 1 aromatic heterocycles. The summed E-state index contributed by atoms with van der Waals surface area (Å²) >= 11 is 3.54. The van der Waals surface area contributed by atoms with Crippen LogP contribution < -0.4 is 5.73 Å². The fraction of sp³-hybridized carbons (Fsp3) is 0.533. The second kappa shape index (κ2) is 4.51. The van der Waals surface area contributed by atoms with Crippen molar-refractivity contribution < 1.29 is 0 Å². The fourth-order valence-corrected chi connectivity index (χ4v) is 3.46. The lowest BCUT2D eigenvalue weighted by atomic mass is 9.75. The smallest absolute Gasteiger partial charge is 0.201 e. The van der Waals surface area contributed by atoms with Gasteiger partial charge in [0.15, 0.2) is 0 Å². The highest BCUT2D eigenvalue weighted by atomic mass is 79.9. The number of nitrogen functional groups attached to an aromatic ring is 1. The predicted octanol–water partition coefficient (Wildman–Crippen LogP) is 4.52. The standard InChI is InChI=1S/C15H20BrN3/c1-15(2)7-5-11(6-8-15)19-13-9-10(16)3-4-12(13)18-14(19)17/h3-4,9,11H,5-8H2,1-2H3,(H2,17,18). The SMILES string of the molecule is CC1(C)CCC(n2c(N)nc3ccc(Br)cc32)CC1. The van der Waals surface area contributed by atoms with Gasteiger partial charge in [-0.2, -0.15) is 0 Å². The Kier molecular flexibility index (Phi) is 3.08. The summed E-state index contributed by atoms with van der Waals surface area (Å²) < 4.78 is 3.31. The van der Waals surface area contributed by atoms with Crippen LogP contribution in [0.3, 0.4) is 0 Å². The van der Waals surface area contributed by atoms with Gasteiger partial charge in [-0.05, 0) is 49.3 Å². The minimum Gasteiger partial charge on any atom is -0.369 e. The summed E-state index contributed by atoms with van der Waals surface area (Å²) in [6, 6.07) is 6.66. The number of rotatable bonds is 1. The number of hydrogen-bond donors (Lipinski definition) is 1. The van der Waals surface area contributed by atoms with Gasteiger partial charge in [0.1, 0.15) is 0 Å². The number of fused-ring (bicyclic) bond motifs is 1. The van der Waals surface area contributed by atoms with Crippen LogP contribution in [0.15, 0.2) is 22.7 Å². The van der Waals surface area contributed by atoms with E-state index in [0.29, 0.717) is 17.4 Å². The van der Waals surface area contributed by atoms with Gasteiger partial charge in [-0.15, -0.1) is 0 Å². The number of nitrogens with zero attached hydrogens (tertiary/aromatic N) is 2. The minimum absolute atomic E-state index is 0.474. The molecule has 1 aliphatic rings. The Morgan fingerprint density at radius 3 is 2.68 bits per heavy atom. The van der Waals surface area contributed by atoms with E-state index in [9.17, 15) is 0 Å². The van der Waals surface area contributed by atoms with E-state index in [1.54, 1.807) is 0 Å². The molecule has 0 saturated heterocycles. The zero-order valence-electron chi connectivity index (χ0n) is 11.5. The highest BCUT2D eigenvalue weighted by Crippen LogP contribution is 2.42. The molecule has 0 bridgehead atoms. The largest absolute Gasteiger partial charge is 0.369 e. The van der Waals surface area contributed by atoms with Gasteiger partial charge >= 0.3 is 0 Å². The number of benzene rings is 1. The second-order valence-corrected chi connectivity index (χ2v) is 7.28. The molecular weight excluding hydrogens is 302 g/mol. The van der Waals surface area contributed by atoms with Gasteiger partial charge in [0.25, 0.3) is 0 Å². The molecule has 0 atom stereocenters. The first kappa shape index (κ1) is 13.0. The van der Waals surface area contributed by atoms with Crippen LogP contribution in [-0.2, 0) is 0 Å². The Labute approximate surface area is 122 Å². The van der Waals surface area contributed by atoms with Gasteiger partial charge in [0, 0.05) is 10.5 Å². The number of nitrogens with two attached hydrogens (primary N) is 1. The van der Waals surface area contributed by atoms with Gasteiger partial charge < -0.3 is 10.3 Å². The predicted molar refractivity (Wildman–Crippen MR) is 83.1 cm³/mol. The van der Waals surface area contributed by atoms with Crippen molar-refractivity contribution in [2.45, 2.75) is 45.6 Å². The van der Waals surface area contributed by atoms with E-state index in [-0.39, 0.29) is 0 Å². The lowest BCUT2D eigenvalue weighted by Crippen LogP contribution is -2.24. The molecule has 0 aliphatic heterocycles. The van der Waals surface area contributed by atoms with Crippen LogP contribution in [0.2, 0.25) is 0 Å². The summed E-state index contributed by atoms with van der Waals surface area (Å²) in [6.07, 6.45) is 4.89. The van der Waals surface area contributed by atoms with Crippen molar-refractivity contribution in [2.24, 2.45) is 5.41 Å². The zero-order chi connectivity index (χ0) is 13.6. The quantitative estimate of drug-likeness (QED) is 0.839. The van der Waals surface area contributed by atoms with Crippen LogP contribution in [0.1, 0.15) is 45.6 Å². The van der Waals surface area contributed by atoms with Gasteiger partial charge in [0.2, 0.25) is 5.95 Å². The maximum absolute atomic E-state index is 6.14. The summed E-state index contributed by atoms with van der Waals surface area (Å²) in [4.78, 5) is 4.49. The summed E-state index contributed by atoms with van der Waals surface area (Å²) in [5, 5.41) is 0. The topological polar surface area (TPSA) is 43.8 Å². The lowest BCUT2D eigenvalue weighted by Gasteiger charge is -2.35. The summed E-state index contributed by atoms with van der Waals surface area (Å²) in [7, 11) is 0. The van der Waals surface area contributed by atoms with Crippen molar-refractivity contribution in [3.05, 3.63) is 22.7 Å². The third-order valence-corrected chi connectivity index (χ3v) is 4.85. The molecule has 4 heteroatoms. The van der Waals surface area contributed by atoms with Crippen molar-refractivity contribution in [1.29, 1.82) is 0 Å². The van der Waals surface area contributed by atoms with Gasteiger partial charge in [-0.3, -0.25) is 0 Å². The maximum Gasteiger partial charge on any atom is 0.201 e. The van der Waals surface area contributed by atoms with Crippen LogP contribution in [0, 0.1) is 5.41 Å². The third-order valence-electron chi connectivity index (χ3n) is 4.35. The van der Waals surface area contributed by atoms with Crippen LogP contribution in [0.5, 0.6) is 0 Å². The van der Waals surface area contributed by atoms with E-state index in [4.69, 9.17) is 5.73 Å². The summed E-state index contributed by atoms with van der Waals surface area (Å²) in [5.41, 5.74) is 8.75. The zero-order valence-corrected chi connectivity index (χ0v) is 13.1. The van der Waals surface area contributed by atoms with E-state index in [0.717, 1.165) is 15.5 Å². The second-order valence-electron chi connectivity index (χ2n) is 6.37. The number of hydrogen-bond acceptors (Lipinski definition) is 2. The molecule has 3 nitrogen and oxygen atoms in total. The van der Waals surface area contributed by atoms with Crippen molar-refractivity contribution in [2.75, 3.05) is 5.73 Å². The first-order valence-electron chi connectivity index (χ1n) is 6.89. The van der Waals surface area contributed by atoms with Crippen molar-refractivity contribution >= 4 is 32.9 Å². The van der Waals surface area contributed by atoms with E-state index < -0.39 is 0 Å². The average molecular weight is 322 g/mol. The summed E-state index contributed by atoms with van der Waals surface area (Å²) in [6.45, 7) is 4.71. The Hall–Kier alpha value is -1.03. The molecule has 0 spiro atoms. The Bertz CT molecular complexity index is 605. The first-order valence-corrected chi connectivity index (χ1v) is 7.68. The van der Waals surface area contributed by atoms with Crippen molar-refractivity contribution in [3.63, 3.8) is 0 Å². The van der Waals surface area contributed by atoms with Crippen molar-refractivity contribution in [3.8, 4) is 0 Å². The van der Waals surface area contributed by atoms with E-state index in [1.165, 1.54) is 25.7 Å². The van der Waals surface area contributed by atoms with Crippen LogP contribution in [-0.4, -0.2) is 9.55 Å². The van der Waals surface area contributed by atoms with Gasteiger partial charge in [0.05, 0.1) is 11.0 Å². The average Bonchev–Trinajstić information content (AvgIpc) is 2.65. The molecule has 1 aromatic carbocycles. The molecule has 1 saturated carbocycles. The number of anilines is 1. The first-order chi connectivity index (χ1) is 8.96.